The van der Waals surface area contributed by atoms with Gasteiger partial charge in [-0.3, -0.25) is 9.59 Å². The Morgan fingerprint density at radius 3 is 2.36 bits per heavy atom. The van der Waals surface area contributed by atoms with E-state index in [-0.39, 0.29) is 24.4 Å². The first-order valence-electron chi connectivity index (χ1n) is 8.33. The van der Waals surface area contributed by atoms with Crippen LogP contribution >= 0.6 is 0 Å². The molecule has 5 heteroatoms. The van der Waals surface area contributed by atoms with Crippen LogP contribution in [0.3, 0.4) is 0 Å². The van der Waals surface area contributed by atoms with Crippen molar-refractivity contribution in [1.82, 2.24) is 10.6 Å². The van der Waals surface area contributed by atoms with E-state index in [2.05, 4.69) is 10.6 Å². The van der Waals surface area contributed by atoms with Gasteiger partial charge in [0.25, 0.3) is 5.91 Å². The van der Waals surface area contributed by atoms with Crippen molar-refractivity contribution < 1.29 is 14.7 Å². The van der Waals surface area contributed by atoms with Crippen molar-refractivity contribution in [3.8, 4) is 0 Å². The monoisotopic (exact) mass is 340 g/mol. The van der Waals surface area contributed by atoms with Crippen LogP contribution in [0.5, 0.6) is 0 Å². The summed E-state index contributed by atoms with van der Waals surface area (Å²) < 4.78 is 0. The van der Waals surface area contributed by atoms with Crippen molar-refractivity contribution >= 4 is 11.8 Å². The molecule has 3 N–H and O–H groups in total. The number of aliphatic hydroxyl groups excluding tert-OH is 1. The number of carbonyl (C=O) groups excluding carboxylic acids is 2. The molecule has 0 aromatic heterocycles. The van der Waals surface area contributed by atoms with Gasteiger partial charge in [-0.2, -0.15) is 0 Å². The quantitative estimate of drug-likeness (QED) is 0.724. The molecule has 2 aromatic carbocycles. The molecule has 5 nitrogen and oxygen atoms in total. The fourth-order valence-electron chi connectivity index (χ4n) is 2.61. The number of benzene rings is 2. The Hall–Kier alpha value is -2.66. The van der Waals surface area contributed by atoms with E-state index in [1.807, 2.05) is 56.3 Å². The summed E-state index contributed by atoms with van der Waals surface area (Å²) in [6, 6.07) is 16.3. The number of hydrogen-bond donors (Lipinski definition) is 3. The van der Waals surface area contributed by atoms with Gasteiger partial charge >= 0.3 is 0 Å². The zero-order valence-corrected chi connectivity index (χ0v) is 14.5. The highest BCUT2D eigenvalue weighted by Crippen LogP contribution is 2.17. The Morgan fingerprint density at radius 2 is 1.68 bits per heavy atom. The van der Waals surface area contributed by atoms with Crippen LogP contribution in [0.1, 0.15) is 40.9 Å². The van der Waals surface area contributed by atoms with Crippen LogP contribution in [0.4, 0.5) is 0 Å². The fourth-order valence-corrected chi connectivity index (χ4v) is 2.61. The van der Waals surface area contributed by atoms with E-state index in [1.54, 1.807) is 12.1 Å². The Kier molecular flexibility index (Phi) is 6.71. The highest BCUT2D eigenvalue weighted by Gasteiger charge is 2.15. The largest absolute Gasteiger partial charge is 0.388 e. The molecule has 0 bridgehead atoms. The van der Waals surface area contributed by atoms with Gasteiger partial charge in [0.05, 0.1) is 12.6 Å². The molecule has 25 heavy (non-hydrogen) atoms. The molecule has 2 atom stereocenters. The zero-order valence-electron chi connectivity index (χ0n) is 14.5. The summed E-state index contributed by atoms with van der Waals surface area (Å²) in [5.74, 6) is -0.556. The predicted molar refractivity (Wildman–Crippen MR) is 97.1 cm³/mol. The lowest BCUT2D eigenvalue weighted by atomic mass is 10.0. The number of rotatable bonds is 7. The van der Waals surface area contributed by atoms with Gasteiger partial charge < -0.3 is 15.7 Å². The lowest BCUT2D eigenvalue weighted by molar-refractivity contribution is -0.120. The van der Waals surface area contributed by atoms with Gasteiger partial charge in [-0.25, -0.2) is 0 Å². The van der Waals surface area contributed by atoms with E-state index in [4.69, 9.17) is 0 Å². The first-order chi connectivity index (χ1) is 12.0. The van der Waals surface area contributed by atoms with Crippen LogP contribution in [-0.4, -0.2) is 29.5 Å². The Morgan fingerprint density at radius 1 is 1.04 bits per heavy atom. The minimum absolute atomic E-state index is 0.0983. The van der Waals surface area contributed by atoms with Crippen molar-refractivity contribution in [3.63, 3.8) is 0 Å². The summed E-state index contributed by atoms with van der Waals surface area (Å²) in [4.78, 5) is 24.1. The average molecular weight is 340 g/mol. The minimum atomic E-state index is -0.641. The molecular formula is C20H24N2O3. The molecule has 0 saturated heterocycles. The molecule has 0 aliphatic heterocycles. The highest BCUT2D eigenvalue weighted by atomic mass is 16.3. The zero-order chi connectivity index (χ0) is 18.2. The average Bonchev–Trinajstić information content (AvgIpc) is 2.60. The molecule has 0 fully saturated rings. The summed E-state index contributed by atoms with van der Waals surface area (Å²) in [6.07, 6.45) is -0.236. The van der Waals surface area contributed by atoms with Crippen molar-refractivity contribution in [2.45, 2.75) is 32.4 Å². The van der Waals surface area contributed by atoms with Gasteiger partial charge in [-0.1, -0.05) is 48.5 Å². The topological polar surface area (TPSA) is 78.4 Å². The van der Waals surface area contributed by atoms with Crippen LogP contribution in [0.25, 0.3) is 0 Å². The molecule has 0 radical (unpaired) electrons. The second kappa shape index (κ2) is 8.99. The molecule has 132 valence electrons. The van der Waals surface area contributed by atoms with Crippen molar-refractivity contribution in [2.24, 2.45) is 0 Å². The van der Waals surface area contributed by atoms with Gasteiger partial charge in [0.2, 0.25) is 5.91 Å². The second-order valence-electron chi connectivity index (χ2n) is 6.13. The van der Waals surface area contributed by atoms with Crippen LogP contribution in [0.2, 0.25) is 0 Å². The summed E-state index contributed by atoms with van der Waals surface area (Å²) in [5, 5.41) is 15.6. The summed E-state index contributed by atoms with van der Waals surface area (Å²) in [6.45, 7) is 3.58. The normalized spacial score (nSPS) is 12.9. The lowest BCUT2D eigenvalue weighted by Crippen LogP contribution is -2.41. The predicted octanol–water partition coefficient (Wildman–Crippen LogP) is 2.35. The molecule has 2 rings (SSSR count). The van der Waals surface area contributed by atoms with Crippen molar-refractivity contribution in [2.75, 3.05) is 6.54 Å². The molecule has 0 saturated carbocycles. The maximum atomic E-state index is 12.1. The van der Waals surface area contributed by atoms with E-state index in [9.17, 15) is 14.7 Å². The Labute approximate surface area is 148 Å². The van der Waals surface area contributed by atoms with Gasteiger partial charge in [0.1, 0.15) is 0 Å². The lowest BCUT2D eigenvalue weighted by Gasteiger charge is -2.18. The van der Waals surface area contributed by atoms with Gasteiger partial charge in [0, 0.05) is 11.6 Å². The fraction of sp³-hybridized carbons (Fsp3) is 0.300. The molecule has 0 spiro atoms. The standard InChI is InChI=1S/C20H24N2O3/c1-14-8-6-7-11-17(14)20(25)21-13-19(24)22-15(2)12-18(23)16-9-4-3-5-10-16/h3-11,15,18,23H,12-13H2,1-2H3,(H,21,25)(H,22,24). The summed E-state index contributed by atoms with van der Waals surface area (Å²) in [7, 11) is 0. The number of aliphatic hydroxyl groups is 1. The summed E-state index contributed by atoms with van der Waals surface area (Å²) in [5.41, 5.74) is 2.24. The maximum absolute atomic E-state index is 12.1. The van der Waals surface area contributed by atoms with E-state index in [0.29, 0.717) is 12.0 Å². The number of hydrogen-bond acceptors (Lipinski definition) is 3. The van der Waals surface area contributed by atoms with Crippen LogP contribution in [0, 0.1) is 6.92 Å². The minimum Gasteiger partial charge on any atom is -0.388 e. The van der Waals surface area contributed by atoms with Gasteiger partial charge in [-0.05, 0) is 37.5 Å². The smallest absolute Gasteiger partial charge is 0.251 e. The number of nitrogens with one attached hydrogen (secondary N) is 2. The molecule has 2 aromatic rings. The van der Waals surface area contributed by atoms with Crippen molar-refractivity contribution in [3.05, 3.63) is 71.3 Å². The molecular weight excluding hydrogens is 316 g/mol. The van der Waals surface area contributed by atoms with Crippen LogP contribution in [-0.2, 0) is 4.79 Å². The molecule has 0 aliphatic carbocycles. The van der Waals surface area contributed by atoms with E-state index >= 15 is 0 Å². The number of amides is 2. The SMILES string of the molecule is Cc1ccccc1C(=O)NCC(=O)NC(C)CC(O)c1ccccc1. The van der Waals surface area contributed by atoms with Crippen LogP contribution in [0.15, 0.2) is 54.6 Å². The third-order valence-corrected chi connectivity index (χ3v) is 3.97. The molecule has 2 amide bonds. The molecule has 0 heterocycles. The third kappa shape index (κ3) is 5.72. The first kappa shape index (κ1) is 18.7. The van der Waals surface area contributed by atoms with Gasteiger partial charge in [-0.15, -0.1) is 0 Å². The highest BCUT2D eigenvalue weighted by molar-refractivity contribution is 5.97. The molecule has 0 aliphatic rings. The summed E-state index contributed by atoms with van der Waals surface area (Å²) >= 11 is 0. The maximum Gasteiger partial charge on any atom is 0.251 e. The third-order valence-electron chi connectivity index (χ3n) is 3.97. The van der Waals surface area contributed by atoms with Crippen molar-refractivity contribution in [1.29, 1.82) is 0 Å². The van der Waals surface area contributed by atoms with E-state index < -0.39 is 6.10 Å². The first-order valence-corrected chi connectivity index (χ1v) is 8.33. The number of aryl methyl sites for hydroxylation is 1. The van der Waals surface area contributed by atoms with Crippen LogP contribution < -0.4 is 10.6 Å². The van der Waals surface area contributed by atoms with Gasteiger partial charge in [0.15, 0.2) is 0 Å². The van der Waals surface area contributed by atoms with E-state index in [0.717, 1.165) is 11.1 Å². The Bertz CT molecular complexity index is 716. The number of carbonyl (C=O) groups is 2. The molecule has 2 unspecified atom stereocenters. The van der Waals surface area contributed by atoms with E-state index in [1.165, 1.54) is 0 Å². The Balaban J connectivity index is 1.78. The second-order valence-corrected chi connectivity index (χ2v) is 6.13.